The Kier molecular flexibility index (Phi) is 5.20. The molecule has 106 valence electrons. The Labute approximate surface area is 118 Å². The molecule has 6 heteroatoms. The monoisotopic (exact) mass is 292 g/mol. The molecular formula is C14H16N2O3S. The Hall–Kier alpha value is -1.79. The third-order valence-electron chi connectivity index (χ3n) is 2.67. The topological polar surface area (TPSA) is 69.2 Å². The van der Waals surface area contributed by atoms with Gasteiger partial charge in [-0.2, -0.15) is 8.42 Å². The molecule has 0 atom stereocenters. The van der Waals surface area contributed by atoms with Gasteiger partial charge in [0.05, 0.1) is 6.61 Å². The van der Waals surface area contributed by atoms with Gasteiger partial charge in [0.1, 0.15) is 12.1 Å². The highest BCUT2D eigenvalue weighted by Crippen LogP contribution is 2.08. The molecule has 0 spiro atoms. The van der Waals surface area contributed by atoms with Gasteiger partial charge in [0.2, 0.25) is 0 Å². The molecule has 0 radical (unpaired) electrons. The number of aromatic nitrogens is 2. The van der Waals surface area contributed by atoms with Crippen LogP contribution in [-0.2, 0) is 26.5 Å². The van der Waals surface area contributed by atoms with Crippen molar-refractivity contribution in [2.75, 3.05) is 6.61 Å². The summed E-state index contributed by atoms with van der Waals surface area (Å²) >= 11 is 0. The van der Waals surface area contributed by atoms with Gasteiger partial charge in [-0.05, 0) is 24.0 Å². The van der Waals surface area contributed by atoms with E-state index in [1.54, 1.807) is 36.7 Å². The normalized spacial score (nSPS) is 11.4. The molecule has 0 N–H and O–H groups in total. The lowest BCUT2D eigenvalue weighted by Gasteiger charge is -2.05. The summed E-state index contributed by atoms with van der Waals surface area (Å²) in [6.07, 6.45) is 6.20. The number of benzene rings is 1. The van der Waals surface area contributed by atoms with E-state index in [0.29, 0.717) is 12.8 Å². The minimum absolute atomic E-state index is 0.0950. The van der Waals surface area contributed by atoms with Crippen LogP contribution in [-0.4, -0.2) is 25.0 Å². The molecule has 1 aromatic carbocycles. The molecule has 5 nitrogen and oxygen atoms in total. The fourth-order valence-electron chi connectivity index (χ4n) is 1.74. The zero-order valence-corrected chi connectivity index (χ0v) is 11.8. The van der Waals surface area contributed by atoms with Crippen molar-refractivity contribution in [2.24, 2.45) is 0 Å². The predicted octanol–water partition coefficient (Wildman–Crippen LogP) is 1.96. The van der Waals surface area contributed by atoms with Crippen LogP contribution in [0.1, 0.15) is 17.5 Å². The van der Waals surface area contributed by atoms with E-state index in [9.17, 15) is 8.42 Å². The molecule has 0 fully saturated rings. The zero-order valence-electron chi connectivity index (χ0n) is 11.0. The van der Waals surface area contributed by atoms with Crippen LogP contribution in [0.25, 0.3) is 0 Å². The first-order valence-corrected chi connectivity index (χ1v) is 7.88. The summed E-state index contributed by atoms with van der Waals surface area (Å²) in [5.74, 6) is -0.0950. The molecule has 0 bridgehead atoms. The average molecular weight is 292 g/mol. The largest absolute Gasteiger partial charge is 0.271 e. The van der Waals surface area contributed by atoms with Crippen LogP contribution in [0.2, 0.25) is 0 Å². The molecule has 0 aliphatic rings. The van der Waals surface area contributed by atoms with Crippen LogP contribution in [0.15, 0.2) is 49.1 Å². The fraction of sp³-hybridized carbons (Fsp3) is 0.286. The van der Waals surface area contributed by atoms with E-state index >= 15 is 0 Å². The second-order valence-electron chi connectivity index (χ2n) is 4.36. The van der Waals surface area contributed by atoms with Gasteiger partial charge >= 0.3 is 0 Å². The van der Waals surface area contributed by atoms with Gasteiger partial charge in [-0.1, -0.05) is 30.3 Å². The second-order valence-corrected chi connectivity index (χ2v) is 6.00. The molecule has 0 aliphatic carbocycles. The highest BCUT2D eigenvalue weighted by atomic mass is 32.2. The fourth-order valence-corrected chi connectivity index (χ4v) is 2.80. The van der Waals surface area contributed by atoms with Gasteiger partial charge in [-0.3, -0.25) is 4.18 Å². The van der Waals surface area contributed by atoms with E-state index in [4.69, 9.17) is 4.18 Å². The molecule has 0 saturated carbocycles. The van der Waals surface area contributed by atoms with Gasteiger partial charge < -0.3 is 0 Å². The van der Waals surface area contributed by atoms with E-state index in [-0.39, 0.29) is 12.4 Å². The quantitative estimate of drug-likeness (QED) is 0.576. The minimum Gasteiger partial charge on any atom is -0.270 e. The Morgan fingerprint density at radius 2 is 1.70 bits per heavy atom. The third-order valence-corrected chi connectivity index (χ3v) is 3.89. The third kappa shape index (κ3) is 5.07. The average Bonchev–Trinajstić information content (AvgIpc) is 2.45. The maximum atomic E-state index is 11.8. The summed E-state index contributed by atoms with van der Waals surface area (Å²) in [4.78, 5) is 7.80. The van der Waals surface area contributed by atoms with Crippen molar-refractivity contribution < 1.29 is 12.6 Å². The van der Waals surface area contributed by atoms with Crippen molar-refractivity contribution in [3.63, 3.8) is 0 Å². The van der Waals surface area contributed by atoms with Gasteiger partial charge in [-0.15, -0.1) is 0 Å². The Morgan fingerprint density at radius 3 is 2.40 bits per heavy atom. The van der Waals surface area contributed by atoms with Crippen LogP contribution < -0.4 is 0 Å². The second kappa shape index (κ2) is 7.12. The summed E-state index contributed by atoms with van der Waals surface area (Å²) < 4.78 is 28.5. The lowest BCUT2D eigenvalue weighted by Crippen LogP contribution is -2.10. The highest BCUT2D eigenvalue weighted by Gasteiger charge is 2.11. The molecule has 0 saturated heterocycles. The first kappa shape index (κ1) is 14.6. The maximum absolute atomic E-state index is 11.8. The number of rotatable bonds is 7. The minimum atomic E-state index is -3.52. The smallest absolute Gasteiger partial charge is 0.270 e. The lowest BCUT2D eigenvalue weighted by molar-refractivity contribution is 0.311. The molecular weight excluding hydrogens is 276 g/mol. The van der Waals surface area contributed by atoms with Crippen molar-refractivity contribution >= 4 is 10.1 Å². The van der Waals surface area contributed by atoms with Crippen molar-refractivity contribution in [3.05, 3.63) is 60.2 Å². The Bertz CT molecular complexity index is 615. The van der Waals surface area contributed by atoms with E-state index in [1.165, 1.54) is 6.33 Å². The van der Waals surface area contributed by atoms with Crippen LogP contribution in [0.5, 0.6) is 0 Å². The molecule has 1 heterocycles. The Morgan fingerprint density at radius 1 is 1.00 bits per heavy atom. The highest BCUT2D eigenvalue weighted by molar-refractivity contribution is 7.85. The van der Waals surface area contributed by atoms with E-state index in [2.05, 4.69) is 9.97 Å². The zero-order chi connectivity index (χ0) is 14.3. The number of aryl methyl sites for hydroxylation is 1. The van der Waals surface area contributed by atoms with Crippen molar-refractivity contribution in [1.29, 1.82) is 0 Å². The summed E-state index contributed by atoms with van der Waals surface area (Å²) in [6.45, 7) is 0.171. The first-order valence-electron chi connectivity index (χ1n) is 6.31. The molecule has 0 unspecified atom stereocenters. The predicted molar refractivity (Wildman–Crippen MR) is 75.4 cm³/mol. The van der Waals surface area contributed by atoms with Crippen LogP contribution in [0, 0.1) is 0 Å². The van der Waals surface area contributed by atoms with E-state index < -0.39 is 10.1 Å². The number of hydrogen-bond donors (Lipinski definition) is 0. The standard InChI is InChI=1S/C14H16N2O3S/c17-20(18,11-13-5-2-1-3-6-13)19-8-4-7-14-9-15-12-16-10-14/h1-3,5-6,9-10,12H,4,7-8,11H2. The van der Waals surface area contributed by atoms with Crippen molar-refractivity contribution in [2.45, 2.75) is 18.6 Å². The molecule has 2 aromatic rings. The lowest BCUT2D eigenvalue weighted by atomic mass is 10.2. The van der Waals surface area contributed by atoms with Crippen molar-refractivity contribution in [3.8, 4) is 0 Å². The summed E-state index contributed by atoms with van der Waals surface area (Å²) in [5, 5.41) is 0. The Balaban J connectivity index is 1.76. The number of nitrogens with zero attached hydrogens (tertiary/aromatic N) is 2. The van der Waals surface area contributed by atoms with Crippen LogP contribution >= 0.6 is 0 Å². The van der Waals surface area contributed by atoms with Gasteiger partial charge in [0, 0.05) is 12.4 Å². The van der Waals surface area contributed by atoms with Crippen LogP contribution in [0.3, 0.4) is 0 Å². The first-order chi connectivity index (χ1) is 9.66. The van der Waals surface area contributed by atoms with Gasteiger partial charge in [-0.25, -0.2) is 9.97 Å². The number of hydrogen-bond acceptors (Lipinski definition) is 5. The molecule has 1 aromatic heterocycles. The summed E-state index contributed by atoms with van der Waals surface area (Å²) in [7, 11) is -3.52. The molecule has 0 amide bonds. The van der Waals surface area contributed by atoms with Crippen molar-refractivity contribution in [1.82, 2.24) is 9.97 Å². The van der Waals surface area contributed by atoms with Gasteiger partial charge in [0.25, 0.3) is 10.1 Å². The molecule has 2 rings (SSSR count). The van der Waals surface area contributed by atoms with Gasteiger partial charge in [0.15, 0.2) is 0 Å². The maximum Gasteiger partial charge on any atom is 0.271 e. The molecule has 0 aliphatic heterocycles. The van der Waals surface area contributed by atoms with E-state index in [1.807, 2.05) is 6.07 Å². The summed E-state index contributed by atoms with van der Waals surface area (Å²) in [6, 6.07) is 8.99. The van der Waals surface area contributed by atoms with Crippen LogP contribution in [0.4, 0.5) is 0 Å². The summed E-state index contributed by atoms with van der Waals surface area (Å²) in [5.41, 5.74) is 1.69. The molecule has 20 heavy (non-hydrogen) atoms. The SMILES string of the molecule is O=S(=O)(Cc1ccccc1)OCCCc1cncnc1. The van der Waals surface area contributed by atoms with E-state index in [0.717, 1.165) is 11.1 Å².